The Morgan fingerprint density at radius 2 is 2.11 bits per heavy atom. The highest BCUT2D eigenvalue weighted by molar-refractivity contribution is 5.43. The lowest BCUT2D eigenvalue weighted by atomic mass is 10.1. The largest absolute Gasteiger partial charge is 0.493 e. The van der Waals surface area contributed by atoms with Crippen LogP contribution in [0.4, 0.5) is 0 Å². The summed E-state index contributed by atoms with van der Waals surface area (Å²) in [5.74, 6) is 1.98. The van der Waals surface area contributed by atoms with Crippen LogP contribution in [-0.4, -0.2) is 25.6 Å². The molecular formula is C14H20O4. The van der Waals surface area contributed by atoms with Gasteiger partial charge in [-0.1, -0.05) is 6.07 Å². The van der Waals surface area contributed by atoms with Gasteiger partial charge in [-0.15, -0.1) is 0 Å². The molecule has 1 aliphatic carbocycles. The Morgan fingerprint density at radius 3 is 2.72 bits per heavy atom. The highest BCUT2D eigenvalue weighted by Gasteiger charge is 2.21. The van der Waals surface area contributed by atoms with Crippen molar-refractivity contribution in [3.63, 3.8) is 0 Å². The van der Waals surface area contributed by atoms with E-state index in [0.29, 0.717) is 11.5 Å². The number of methoxy groups -OCH3 is 1. The number of rotatable bonds is 7. The van der Waals surface area contributed by atoms with Gasteiger partial charge in [0.1, 0.15) is 0 Å². The van der Waals surface area contributed by atoms with E-state index >= 15 is 0 Å². The SMILES string of the molecule is COc1cc([C@H](C)O)ccc1OCOCC1CC1. The van der Waals surface area contributed by atoms with E-state index in [9.17, 15) is 5.11 Å². The zero-order valence-corrected chi connectivity index (χ0v) is 10.9. The van der Waals surface area contributed by atoms with E-state index in [2.05, 4.69) is 0 Å². The molecule has 0 saturated heterocycles. The van der Waals surface area contributed by atoms with Crippen LogP contribution < -0.4 is 9.47 Å². The quantitative estimate of drug-likeness (QED) is 0.598. The fourth-order valence-electron chi connectivity index (χ4n) is 1.67. The summed E-state index contributed by atoms with van der Waals surface area (Å²) in [6.07, 6.45) is 2.03. The predicted octanol–water partition coefficient (Wildman–Crippen LogP) is 2.51. The van der Waals surface area contributed by atoms with Crippen LogP contribution in [0.2, 0.25) is 0 Å². The van der Waals surface area contributed by atoms with Gasteiger partial charge in [-0.2, -0.15) is 0 Å². The van der Waals surface area contributed by atoms with E-state index < -0.39 is 6.10 Å². The lowest BCUT2D eigenvalue weighted by Gasteiger charge is -2.13. The summed E-state index contributed by atoms with van der Waals surface area (Å²) >= 11 is 0. The molecule has 1 aromatic carbocycles. The minimum Gasteiger partial charge on any atom is -0.493 e. The van der Waals surface area contributed by atoms with Gasteiger partial charge < -0.3 is 19.3 Å². The molecule has 1 saturated carbocycles. The molecule has 0 aliphatic heterocycles. The van der Waals surface area contributed by atoms with Gasteiger partial charge in [-0.05, 0) is 43.4 Å². The first-order chi connectivity index (χ1) is 8.70. The average Bonchev–Trinajstić information content (AvgIpc) is 3.18. The fourth-order valence-corrected chi connectivity index (χ4v) is 1.67. The lowest BCUT2D eigenvalue weighted by molar-refractivity contribution is 0.00863. The summed E-state index contributed by atoms with van der Waals surface area (Å²) in [6, 6.07) is 5.39. The van der Waals surface area contributed by atoms with Gasteiger partial charge in [0.25, 0.3) is 0 Å². The van der Waals surface area contributed by atoms with Crippen LogP contribution in [0.25, 0.3) is 0 Å². The van der Waals surface area contributed by atoms with Crippen LogP contribution in [0.15, 0.2) is 18.2 Å². The number of aliphatic hydroxyl groups excluding tert-OH is 1. The van der Waals surface area contributed by atoms with Crippen molar-refractivity contribution >= 4 is 0 Å². The zero-order valence-electron chi connectivity index (χ0n) is 10.9. The number of benzene rings is 1. The Hall–Kier alpha value is -1.26. The first-order valence-corrected chi connectivity index (χ1v) is 6.27. The van der Waals surface area contributed by atoms with Crippen molar-refractivity contribution in [2.75, 3.05) is 20.5 Å². The van der Waals surface area contributed by atoms with Crippen LogP contribution in [0, 0.1) is 5.92 Å². The molecule has 100 valence electrons. The van der Waals surface area contributed by atoms with Crippen molar-refractivity contribution in [2.24, 2.45) is 5.92 Å². The molecule has 1 atom stereocenters. The molecular weight excluding hydrogens is 232 g/mol. The predicted molar refractivity (Wildman–Crippen MR) is 67.8 cm³/mol. The standard InChI is InChI=1S/C14H20O4/c1-10(15)12-5-6-13(14(7-12)16-2)18-9-17-8-11-3-4-11/h5-7,10-11,15H,3-4,8-9H2,1-2H3/t10-/m0/s1. The molecule has 0 amide bonds. The van der Waals surface area contributed by atoms with Crippen molar-refractivity contribution in [3.8, 4) is 11.5 Å². The van der Waals surface area contributed by atoms with Gasteiger partial charge >= 0.3 is 0 Å². The maximum absolute atomic E-state index is 9.50. The number of hydrogen-bond donors (Lipinski definition) is 1. The van der Waals surface area contributed by atoms with E-state index in [1.807, 2.05) is 6.07 Å². The molecule has 0 unspecified atom stereocenters. The Labute approximate surface area is 107 Å². The molecule has 0 radical (unpaired) electrons. The van der Waals surface area contributed by atoms with Gasteiger partial charge in [0.15, 0.2) is 18.3 Å². The van der Waals surface area contributed by atoms with E-state index in [-0.39, 0.29) is 6.79 Å². The minimum atomic E-state index is -0.515. The van der Waals surface area contributed by atoms with E-state index in [1.165, 1.54) is 12.8 Å². The number of ether oxygens (including phenoxy) is 3. The van der Waals surface area contributed by atoms with Crippen molar-refractivity contribution < 1.29 is 19.3 Å². The minimum absolute atomic E-state index is 0.237. The summed E-state index contributed by atoms with van der Waals surface area (Å²) in [5, 5.41) is 9.50. The van der Waals surface area contributed by atoms with E-state index in [4.69, 9.17) is 14.2 Å². The summed E-state index contributed by atoms with van der Waals surface area (Å²) in [5.41, 5.74) is 0.804. The highest BCUT2D eigenvalue weighted by Crippen LogP contribution is 2.31. The van der Waals surface area contributed by atoms with Crippen molar-refractivity contribution in [3.05, 3.63) is 23.8 Å². The van der Waals surface area contributed by atoms with Gasteiger partial charge in [-0.25, -0.2) is 0 Å². The Bertz CT molecular complexity index is 385. The molecule has 1 N–H and O–H groups in total. The molecule has 0 aromatic heterocycles. The Balaban J connectivity index is 1.89. The van der Waals surface area contributed by atoms with Gasteiger partial charge in [-0.3, -0.25) is 0 Å². The average molecular weight is 252 g/mol. The second kappa shape index (κ2) is 6.07. The molecule has 2 rings (SSSR count). The molecule has 1 aromatic rings. The smallest absolute Gasteiger partial charge is 0.189 e. The monoisotopic (exact) mass is 252 g/mol. The maximum Gasteiger partial charge on any atom is 0.189 e. The first-order valence-electron chi connectivity index (χ1n) is 6.27. The fraction of sp³-hybridized carbons (Fsp3) is 0.571. The molecule has 0 spiro atoms. The topological polar surface area (TPSA) is 47.9 Å². The maximum atomic E-state index is 9.50. The molecule has 4 nitrogen and oxygen atoms in total. The number of hydrogen-bond acceptors (Lipinski definition) is 4. The third kappa shape index (κ3) is 3.62. The molecule has 1 fully saturated rings. The van der Waals surface area contributed by atoms with Crippen molar-refractivity contribution in [1.29, 1.82) is 0 Å². The molecule has 0 heterocycles. The third-order valence-corrected chi connectivity index (χ3v) is 3.02. The highest BCUT2D eigenvalue weighted by atomic mass is 16.7. The summed E-state index contributed by atoms with van der Waals surface area (Å²) in [7, 11) is 1.58. The second-order valence-electron chi connectivity index (χ2n) is 4.66. The lowest BCUT2D eigenvalue weighted by Crippen LogP contribution is -2.06. The van der Waals surface area contributed by atoms with Crippen LogP contribution in [0.1, 0.15) is 31.4 Å². The van der Waals surface area contributed by atoms with Gasteiger partial charge in [0.05, 0.1) is 19.8 Å². The van der Waals surface area contributed by atoms with Gasteiger partial charge in [0, 0.05) is 0 Å². The normalized spacial score (nSPS) is 16.4. The van der Waals surface area contributed by atoms with E-state index in [0.717, 1.165) is 18.1 Å². The third-order valence-electron chi connectivity index (χ3n) is 3.02. The zero-order chi connectivity index (χ0) is 13.0. The molecule has 4 heteroatoms. The first kappa shape index (κ1) is 13.2. The Morgan fingerprint density at radius 1 is 1.33 bits per heavy atom. The van der Waals surface area contributed by atoms with Crippen molar-refractivity contribution in [1.82, 2.24) is 0 Å². The molecule has 0 bridgehead atoms. The van der Waals surface area contributed by atoms with Crippen LogP contribution in [0.5, 0.6) is 11.5 Å². The Kier molecular flexibility index (Phi) is 4.44. The number of aliphatic hydroxyl groups is 1. The molecule has 1 aliphatic rings. The van der Waals surface area contributed by atoms with Crippen LogP contribution >= 0.6 is 0 Å². The summed E-state index contributed by atoms with van der Waals surface area (Å²) in [4.78, 5) is 0. The van der Waals surface area contributed by atoms with Gasteiger partial charge in [0.2, 0.25) is 0 Å². The summed E-state index contributed by atoms with van der Waals surface area (Å²) in [6.45, 7) is 2.73. The van der Waals surface area contributed by atoms with Crippen LogP contribution in [0.3, 0.4) is 0 Å². The summed E-state index contributed by atoms with van der Waals surface area (Å²) < 4.78 is 16.2. The molecule has 18 heavy (non-hydrogen) atoms. The van der Waals surface area contributed by atoms with Crippen LogP contribution in [-0.2, 0) is 4.74 Å². The van der Waals surface area contributed by atoms with Crippen molar-refractivity contribution in [2.45, 2.75) is 25.9 Å². The second-order valence-corrected chi connectivity index (χ2v) is 4.66. The van der Waals surface area contributed by atoms with E-state index in [1.54, 1.807) is 26.2 Å².